The van der Waals surface area contributed by atoms with Crippen molar-refractivity contribution >= 4 is 34.8 Å². The van der Waals surface area contributed by atoms with E-state index >= 15 is 0 Å². The largest absolute Gasteiger partial charge is 0.323 e. The predicted molar refractivity (Wildman–Crippen MR) is 81.7 cm³/mol. The zero-order chi connectivity index (χ0) is 13.7. The van der Waals surface area contributed by atoms with E-state index in [-0.39, 0.29) is 0 Å². The number of aliphatic imine (C=N–C) groups is 1. The number of nitrogens with zero attached hydrogens (tertiary/aromatic N) is 1. The predicted octanol–water partition coefficient (Wildman–Crippen LogP) is 3.56. The molecule has 1 saturated carbocycles. The molecule has 0 atom stereocenters. The molecule has 1 aromatic rings. The van der Waals surface area contributed by atoms with Gasteiger partial charge in [-0.15, -0.1) is 0 Å². The summed E-state index contributed by atoms with van der Waals surface area (Å²) < 4.78 is 0. The third-order valence-corrected chi connectivity index (χ3v) is 3.86. The monoisotopic (exact) mass is 300 g/mol. The summed E-state index contributed by atoms with van der Waals surface area (Å²) in [6.45, 7) is 0. The van der Waals surface area contributed by atoms with Gasteiger partial charge in [-0.3, -0.25) is 5.43 Å². The number of nitrogens with two attached hydrogens (primary N) is 1. The van der Waals surface area contributed by atoms with Crippen LogP contribution in [-0.2, 0) is 0 Å². The molecule has 0 unspecified atom stereocenters. The van der Waals surface area contributed by atoms with Crippen molar-refractivity contribution < 1.29 is 0 Å². The highest BCUT2D eigenvalue weighted by atomic mass is 35.5. The van der Waals surface area contributed by atoms with Crippen LogP contribution in [0.4, 0.5) is 5.69 Å². The molecule has 4 N–H and O–H groups in total. The summed E-state index contributed by atoms with van der Waals surface area (Å²) in [5.41, 5.74) is 3.20. The molecule has 0 aliphatic heterocycles. The Hall–Kier alpha value is -0.970. The van der Waals surface area contributed by atoms with Gasteiger partial charge in [0.1, 0.15) is 0 Å². The number of para-hydroxylation sites is 1. The van der Waals surface area contributed by atoms with Gasteiger partial charge in [-0.25, -0.2) is 10.8 Å². The van der Waals surface area contributed by atoms with Gasteiger partial charge in [0.2, 0.25) is 5.96 Å². The second kappa shape index (κ2) is 6.98. The first-order valence-corrected chi connectivity index (χ1v) is 7.21. The summed E-state index contributed by atoms with van der Waals surface area (Å²) in [7, 11) is 0. The molecule has 1 fully saturated rings. The summed E-state index contributed by atoms with van der Waals surface area (Å²) in [5, 5.41) is 4.14. The molecule has 0 spiro atoms. The lowest BCUT2D eigenvalue weighted by Gasteiger charge is -2.20. The van der Waals surface area contributed by atoms with E-state index in [1.165, 1.54) is 19.3 Å². The Kier molecular flexibility index (Phi) is 5.31. The van der Waals surface area contributed by atoms with Crippen LogP contribution < -0.4 is 16.6 Å². The maximum atomic E-state index is 6.10. The number of nitrogens with one attached hydrogen (secondary N) is 2. The van der Waals surface area contributed by atoms with Gasteiger partial charge in [0, 0.05) is 0 Å². The zero-order valence-electron chi connectivity index (χ0n) is 10.6. The summed E-state index contributed by atoms with van der Waals surface area (Å²) in [4.78, 5) is 4.58. The third kappa shape index (κ3) is 4.00. The fourth-order valence-corrected chi connectivity index (χ4v) is 2.73. The molecule has 6 heteroatoms. The van der Waals surface area contributed by atoms with Crippen LogP contribution in [0.1, 0.15) is 32.1 Å². The van der Waals surface area contributed by atoms with Gasteiger partial charge < -0.3 is 5.32 Å². The van der Waals surface area contributed by atoms with Crippen LogP contribution in [0.5, 0.6) is 0 Å². The smallest absolute Gasteiger partial charge is 0.210 e. The average molecular weight is 301 g/mol. The first-order valence-electron chi connectivity index (χ1n) is 6.46. The minimum Gasteiger partial charge on any atom is -0.323 e. The van der Waals surface area contributed by atoms with E-state index in [0.29, 0.717) is 27.7 Å². The Bertz CT molecular complexity index is 436. The summed E-state index contributed by atoms with van der Waals surface area (Å²) >= 11 is 12.2. The van der Waals surface area contributed by atoms with Gasteiger partial charge in [-0.05, 0) is 25.0 Å². The number of anilines is 1. The van der Waals surface area contributed by atoms with Crippen molar-refractivity contribution in [1.29, 1.82) is 0 Å². The lowest BCUT2D eigenvalue weighted by molar-refractivity contribution is 0.442. The van der Waals surface area contributed by atoms with Crippen LogP contribution in [0, 0.1) is 0 Å². The molecule has 1 aromatic carbocycles. The highest BCUT2D eigenvalue weighted by Gasteiger charge is 2.14. The highest BCUT2D eigenvalue weighted by Crippen LogP contribution is 2.29. The lowest BCUT2D eigenvalue weighted by atomic mass is 9.96. The van der Waals surface area contributed by atoms with E-state index in [9.17, 15) is 0 Å². The van der Waals surface area contributed by atoms with Crippen molar-refractivity contribution in [3.8, 4) is 0 Å². The number of guanidine groups is 1. The Morgan fingerprint density at radius 2 is 1.79 bits per heavy atom. The minimum absolute atomic E-state index is 0.313. The molecule has 104 valence electrons. The standard InChI is InChI=1S/C13H18Cl2N4/c14-10-7-4-8-11(15)12(10)18-13(19-16)17-9-5-2-1-3-6-9/h4,7-9H,1-3,5-6,16H2,(H2,17,18,19). The van der Waals surface area contributed by atoms with Gasteiger partial charge in [0.15, 0.2) is 0 Å². The molecule has 0 bridgehead atoms. The number of rotatable bonds is 2. The lowest BCUT2D eigenvalue weighted by Crippen LogP contribution is -2.37. The summed E-state index contributed by atoms with van der Waals surface area (Å²) in [5.74, 6) is 6.01. The number of hydrogen-bond donors (Lipinski definition) is 3. The van der Waals surface area contributed by atoms with Crippen molar-refractivity contribution in [1.82, 2.24) is 5.43 Å². The molecule has 19 heavy (non-hydrogen) atoms. The molecule has 0 saturated heterocycles. The number of hydrazine groups is 1. The Morgan fingerprint density at radius 1 is 1.16 bits per heavy atom. The molecule has 0 heterocycles. The van der Waals surface area contributed by atoms with Crippen LogP contribution in [0.3, 0.4) is 0 Å². The topological polar surface area (TPSA) is 62.4 Å². The van der Waals surface area contributed by atoms with Gasteiger partial charge >= 0.3 is 0 Å². The van der Waals surface area contributed by atoms with Gasteiger partial charge in [0.25, 0.3) is 0 Å². The van der Waals surface area contributed by atoms with Crippen LogP contribution in [0.25, 0.3) is 0 Å². The average Bonchev–Trinajstić information content (AvgIpc) is 2.43. The van der Waals surface area contributed by atoms with Crippen molar-refractivity contribution in [3.63, 3.8) is 0 Å². The van der Waals surface area contributed by atoms with Crippen molar-refractivity contribution in [2.45, 2.75) is 38.1 Å². The second-order valence-corrected chi connectivity index (χ2v) is 5.45. The van der Waals surface area contributed by atoms with E-state index in [4.69, 9.17) is 29.0 Å². The zero-order valence-corrected chi connectivity index (χ0v) is 12.1. The molecule has 2 rings (SSSR count). The van der Waals surface area contributed by atoms with Crippen LogP contribution in [-0.4, -0.2) is 12.0 Å². The second-order valence-electron chi connectivity index (χ2n) is 4.64. The molecular formula is C13H18Cl2N4. The molecule has 0 amide bonds. The first-order chi connectivity index (χ1) is 9.20. The first kappa shape index (κ1) is 14.4. The van der Waals surface area contributed by atoms with E-state index in [1.807, 2.05) is 0 Å². The Morgan fingerprint density at radius 3 is 2.37 bits per heavy atom. The maximum absolute atomic E-state index is 6.10. The fraction of sp³-hybridized carbons (Fsp3) is 0.462. The highest BCUT2D eigenvalue weighted by molar-refractivity contribution is 6.39. The molecule has 1 aliphatic rings. The molecule has 0 aromatic heterocycles. The minimum atomic E-state index is 0.313. The van der Waals surface area contributed by atoms with Crippen molar-refractivity contribution in [3.05, 3.63) is 28.2 Å². The van der Waals surface area contributed by atoms with E-state index in [1.54, 1.807) is 18.2 Å². The Balaban J connectivity index is 2.12. The van der Waals surface area contributed by atoms with Gasteiger partial charge in [-0.2, -0.15) is 0 Å². The van der Waals surface area contributed by atoms with Crippen LogP contribution in [0.2, 0.25) is 10.0 Å². The quantitative estimate of drug-likeness (QED) is 0.339. The van der Waals surface area contributed by atoms with Crippen molar-refractivity contribution in [2.24, 2.45) is 10.8 Å². The summed E-state index contributed by atoms with van der Waals surface area (Å²) in [6, 6.07) is 5.65. The van der Waals surface area contributed by atoms with Crippen molar-refractivity contribution in [2.75, 3.05) is 5.32 Å². The Labute approximate surface area is 123 Å². The molecular weight excluding hydrogens is 283 g/mol. The third-order valence-electron chi connectivity index (χ3n) is 3.23. The number of benzene rings is 1. The van der Waals surface area contributed by atoms with Crippen LogP contribution >= 0.6 is 23.2 Å². The van der Waals surface area contributed by atoms with Gasteiger partial charge in [0.05, 0.1) is 21.8 Å². The number of hydrogen-bond acceptors (Lipinski definition) is 2. The van der Waals surface area contributed by atoms with E-state index in [0.717, 1.165) is 12.8 Å². The normalized spacial score (nSPS) is 17.3. The van der Waals surface area contributed by atoms with E-state index in [2.05, 4.69) is 15.7 Å². The molecule has 1 aliphatic carbocycles. The maximum Gasteiger partial charge on any atom is 0.210 e. The van der Waals surface area contributed by atoms with Crippen LogP contribution in [0.15, 0.2) is 23.2 Å². The number of halogens is 2. The SMILES string of the molecule is NNC(=NC1CCCCC1)Nc1c(Cl)cccc1Cl. The summed E-state index contributed by atoms with van der Waals surface area (Å²) in [6.07, 6.45) is 5.94. The van der Waals surface area contributed by atoms with E-state index < -0.39 is 0 Å². The molecule has 4 nitrogen and oxygen atoms in total. The molecule has 0 radical (unpaired) electrons. The van der Waals surface area contributed by atoms with Gasteiger partial charge in [-0.1, -0.05) is 48.5 Å². The fourth-order valence-electron chi connectivity index (χ4n) is 2.23.